The van der Waals surface area contributed by atoms with Gasteiger partial charge < -0.3 is 30.2 Å². The van der Waals surface area contributed by atoms with Crippen molar-refractivity contribution in [3.8, 4) is 5.75 Å². The number of nitrogens with two attached hydrogens (primary N) is 1. The second-order valence-electron chi connectivity index (χ2n) is 9.00. The Labute approximate surface area is 189 Å². The Morgan fingerprint density at radius 2 is 1.94 bits per heavy atom. The monoisotopic (exact) mass is 482 g/mol. The molecule has 4 N–H and O–H groups in total. The third-order valence-electron chi connectivity index (χ3n) is 4.88. The fraction of sp³-hybridized carbons (Fsp3) is 0.667. The molecule has 1 fully saturated rings. The fourth-order valence-corrected chi connectivity index (χ4v) is 3.52. The number of carbonyl (C=O) groups excluding carboxylic acids is 1. The quantitative estimate of drug-likeness (QED) is 0.534. The van der Waals surface area contributed by atoms with E-state index < -0.39 is 60.8 Å². The third kappa shape index (κ3) is 7.98. The molecule has 1 aromatic rings. The molecule has 1 aliphatic heterocycles. The van der Waals surface area contributed by atoms with E-state index >= 15 is 0 Å². The van der Waals surface area contributed by atoms with Gasteiger partial charge in [-0.25, -0.2) is 9.18 Å². The maximum absolute atomic E-state index is 13.6. The van der Waals surface area contributed by atoms with Gasteiger partial charge in [0.15, 0.2) is 6.29 Å². The number of aliphatic hydroxyl groups is 1. The summed E-state index contributed by atoms with van der Waals surface area (Å²) in [7, 11) is 0. The number of hydrogen-bond acceptors (Lipinski definition) is 7. The molecule has 1 aliphatic rings. The summed E-state index contributed by atoms with van der Waals surface area (Å²) < 4.78 is 66.9. The summed E-state index contributed by atoms with van der Waals surface area (Å²) in [5.41, 5.74) is 5.48. The van der Waals surface area contributed by atoms with Crippen molar-refractivity contribution in [1.29, 1.82) is 0 Å². The van der Waals surface area contributed by atoms with Gasteiger partial charge in [-0.05, 0) is 51.8 Å². The molecular weight excluding hydrogens is 452 g/mol. The van der Waals surface area contributed by atoms with Crippen LogP contribution in [-0.2, 0) is 20.6 Å². The molecule has 0 unspecified atom stereocenters. The van der Waals surface area contributed by atoms with Crippen LogP contribution in [0.25, 0.3) is 0 Å². The number of phenolic OH excluding ortho intramolecular Hbond substituents is 1. The fourth-order valence-electron chi connectivity index (χ4n) is 3.52. The van der Waals surface area contributed by atoms with Gasteiger partial charge in [-0.15, -0.1) is 0 Å². The number of benzene rings is 1. The van der Waals surface area contributed by atoms with Gasteiger partial charge in [-0.2, -0.15) is 13.2 Å². The Morgan fingerprint density at radius 1 is 1.30 bits per heavy atom. The highest BCUT2D eigenvalue weighted by Gasteiger charge is 2.46. The third-order valence-corrected chi connectivity index (χ3v) is 4.88. The van der Waals surface area contributed by atoms with Crippen molar-refractivity contribution in [2.75, 3.05) is 13.2 Å². The van der Waals surface area contributed by atoms with Gasteiger partial charge in [0.25, 0.3) is 0 Å². The Morgan fingerprint density at radius 3 is 2.48 bits per heavy atom. The lowest BCUT2D eigenvalue weighted by Crippen LogP contribution is -2.65. The van der Waals surface area contributed by atoms with Crippen molar-refractivity contribution in [2.24, 2.45) is 5.73 Å². The van der Waals surface area contributed by atoms with E-state index in [-0.39, 0.29) is 18.8 Å². The van der Waals surface area contributed by atoms with Crippen LogP contribution in [0.15, 0.2) is 18.2 Å². The van der Waals surface area contributed by atoms with Crippen LogP contribution in [-0.4, -0.2) is 76.7 Å². The highest BCUT2D eigenvalue weighted by Crippen LogP contribution is 2.28. The summed E-state index contributed by atoms with van der Waals surface area (Å²) in [6.07, 6.45) is -8.39. The second kappa shape index (κ2) is 10.4. The SMILES string of the molecule is C[C@H]1[C@H](OCC(F)(F)F)OC[C@H]([C@@H](O)[C@@H](N)Cc2cc(O)cc(F)c2)N1C(=O)OC(C)(C)C. The summed E-state index contributed by atoms with van der Waals surface area (Å²) in [6.45, 7) is 4.28. The van der Waals surface area contributed by atoms with Gasteiger partial charge in [-0.3, -0.25) is 4.90 Å². The lowest BCUT2D eigenvalue weighted by molar-refractivity contribution is -0.266. The number of hydrogen-bond donors (Lipinski definition) is 3. The smallest absolute Gasteiger partial charge is 0.411 e. The van der Waals surface area contributed by atoms with Gasteiger partial charge in [0.1, 0.15) is 23.8 Å². The molecule has 8 nitrogen and oxygen atoms in total. The molecule has 0 radical (unpaired) electrons. The topological polar surface area (TPSA) is 114 Å². The Hall–Kier alpha value is -2.15. The maximum atomic E-state index is 13.6. The first-order valence-electron chi connectivity index (χ1n) is 10.3. The molecule has 5 atom stereocenters. The van der Waals surface area contributed by atoms with Crippen LogP contribution < -0.4 is 5.73 Å². The van der Waals surface area contributed by atoms with Gasteiger partial charge in [0, 0.05) is 12.1 Å². The number of ether oxygens (including phenoxy) is 3. The highest BCUT2D eigenvalue weighted by molar-refractivity contribution is 5.69. The minimum absolute atomic E-state index is 0.0620. The Balaban J connectivity index is 2.23. The van der Waals surface area contributed by atoms with E-state index in [0.29, 0.717) is 5.56 Å². The van der Waals surface area contributed by atoms with E-state index in [4.69, 9.17) is 19.9 Å². The van der Waals surface area contributed by atoms with E-state index in [1.54, 1.807) is 20.8 Å². The molecular formula is C21H30F4N2O6. The first kappa shape index (κ1) is 27.1. The summed E-state index contributed by atoms with van der Waals surface area (Å²) in [4.78, 5) is 14.0. The van der Waals surface area contributed by atoms with Gasteiger partial charge in [0.2, 0.25) is 0 Å². The summed E-state index contributed by atoms with van der Waals surface area (Å²) in [5.74, 6) is -1.01. The molecule has 33 heavy (non-hydrogen) atoms. The molecule has 0 aliphatic carbocycles. The molecule has 0 saturated carbocycles. The van der Waals surface area contributed by atoms with Crippen LogP contribution in [0.3, 0.4) is 0 Å². The molecule has 2 rings (SSSR count). The molecule has 1 amide bonds. The van der Waals surface area contributed by atoms with E-state index in [1.165, 1.54) is 13.0 Å². The first-order chi connectivity index (χ1) is 15.1. The van der Waals surface area contributed by atoms with E-state index in [0.717, 1.165) is 17.0 Å². The summed E-state index contributed by atoms with van der Waals surface area (Å²) in [5, 5.41) is 20.5. The number of phenols is 1. The van der Waals surface area contributed by atoms with Crippen LogP contribution in [0.4, 0.5) is 22.4 Å². The number of carbonyl (C=O) groups is 1. The van der Waals surface area contributed by atoms with Crippen LogP contribution in [0, 0.1) is 5.82 Å². The minimum Gasteiger partial charge on any atom is -0.508 e. The number of aromatic hydroxyl groups is 1. The van der Waals surface area contributed by atoms with Crippen molar-refractivity contribution < 1.29 is 46.8 Å². The predicted octanol–water partition coefficient (Wildman–Crippen LogP) is 2.69. The molecule has 0 bridgehead atoms. The van der Waals surface area contributed by atoms with E-state index in [2.05, 4.69) is 0 Å². The van der Waals surface area contributed by atoms with Gasteiger partial charge in [0.05, 0.1) is 24.8 Å². The summed E-state index contributed by atoms with van der Waals surface area (Å²) in [6, 6.07) is 0.151. The number of amides is 1. The van der Waals surface area contributed by atoms with Crippen molar-refractivity contribution in [2.45, 2.75) is 76.4 Å². The van der Waals surface area contributed by atoms with Crippen LogP contribution >= 0.6 is 0 Å². The zero-order valence-electron chi connectivity index (χ0n) is 18.8. The normalized spacial score (nSPS) is 23.8. The highest BCUT2D eigenvalue weighted by atomic mass is 19.4. The lowest BCUT2D eigenvalue weighted by atomic mass is 9.94. The Kier molecular flexibility index (Phi) is 8.55. The van der Waals surface area contributed by atoms with Gasteiger partial charge in [-0.1, -0.05) is 0 Å². The predicted molar refractivity (Wildman–Crippen MR) is 109 cm³/mol. The van der Waals surface area contributed by atoms with E-state index in [1.807, 2.05) is 0 Å². The van der Waals surface area contributed by atoms with Gasteiger partial charge >= 0.3 is 12.3 Å². The molecule has 1 saturated heterocycles. The van der Waals surface area contributed by atoms with Crippen LogP contribution in [0.5, 0.6) is 5.75 Å². The number of morpholine rings is 1. The van der Waals surface area contributed by atoms with Crippen LogP contribution in [0.1, 0.15) is 33.3 Å². The molecule has 0 aromatic heterocycles. The average Bonchev–Trinajstić information content (AvgIpc) is 2.63. The van der Waals surface area contributed by atoms with Crippen molar-refractivity contribution >= 4 is 6.09 Å². The molecule has 0 spiro atoms. The zero-order valence-corrected chi connectivity index (χ0v) is 18.8. The molecule has 1 heterocycles. The standard InChI is InChI=1S/C21H30F4N2O6/c1-11-18(32-10-21(23,24)25)31-9-16(27(11)19(30)33-20(2,3)4)17(29)15(26)7-12-5-13(22)8-14(28)6-12/h5-6,8,11,15-18,28-29H,7,9-10,26H2,1-4H3/t11-,15-,16+,17-,18-/m0/s1. The number of rotatable bonds is 6. The Bertz CT molecular complexity index is 797. The van der Waals surface area contributed by atoms with Crippen LogP contribution in [0.2, 0.25) is 0 Å². The number of halogens is 4. The largest absolute Gasteiger partial charge is 0.508 e. The van der Waals surface area contributed by atoms with Crippen molar-refractivity contribution in [3.05, 3.63) is 29.6 Å². The lowest BCUT2D eigenvalue weighted by Gasteiger charge is -2.46. The number of nitrogens with zero attached hydrogens (tertiary/aromatic N) is 1. The van der Waals surface area contributed by atoms with Crippen molar-refractivity contribution in [3.63, 3.8) is 0 Å². The number of alkyl halides is 3. The first-order valence-corrected chi connectivity index (χ1v) is 10.3. The zero-order chi connectivity index (χ0) is 25.1. The maximum Gasteiger partial charge on any atom is 0.411 e. The summed E-state index contributed by atoms with van der Waals surface area (Å²) >= 11 is 0. The second-order valence-corrected chi connectivity index (χ2v) is 9.00. The molecule has 12 heteroatoms. The average molecular weight is 482 g/mol. The number of aliphatic hydroxyl groups excluding tert-OH is 1. The molecule has 188 valence electrons. The van der Waals surface area contributed by atoms with E-state index in [9.17, 15) is 32.6 Å². The molecule has 1 aromatic carbocycles. The van der Waals surface area contributed by atoms with Crippen molar-refractivity contribution in [1.82, 2.24) is 4.90 Å². The minimum atomic E-state index is -4.60.